The molecule has 0 spiro atoms. The standard InChI is InChI=1S/C14H14BrNO2/c15-12-5-1-2-7-14(12)18-10-11(9-17)13-6-3-4-8-16-13/h1-8,11,17H,9-10H2. The summed E-state index contributed by atoms with van der Waals surface area (Å²) >= 11 is 3.42. The van der Waals surface area contributed by atoms with Crippen LogP contribution in [0.25, 0.3) is 0 Å². The first-order valence-electron chi connectivity index (χ1n) is 5.70. The van der Waals surface area contributed by atoms with Crippen molar-refractivity contribution < 1.29 is 9.84 Å². The van der Waals surface area contributed by atoms with E-state index in [1.54, 1.807) is 6.20 Å². The Kier molecular flexibility index (Phi) is 4.73. The van der Waals surface area contributed by atoms with Crippen molar-refractivity contribution in [2.45, 2.75) is 5.92 Å². The highest BCUT2D eigenvalue weighted by molar-refractivity contribution is 9.10. The zero-order chi connectivity index (χ0) is 12.8. The van der Waals surface area contributed by atoms with Crippen molar-refractivity contribution >= 4 is 15.9 Å². The quantitative estimate of drug-likeness (QED) is 0.923. The lowest BCUT2D eigenvalue weighted by atomic mass is 10.1. The van der Waals surface area contributed by atoms with E-state index < -0.39 is 0 Å². The molecule has 0 bridgehead atoms. The maximum Gasteiger partial charge on any atom is 0.133 e. The van der Waals surface area contributed by atoms with Crippen LogP contribution in [0.4, 0.5) is 0 Å². The van der Waals surface area contributed by atoms with Crippen molar-refractivity contribution in [3.63, 3.8) is 0 Å². The first-order valence-corrected chi connectivity index (χ1v) is 6.49. The van der Waals surface area contributed by atoms with Crippen molar-refractivity contribution in [2.24, 2.45) is 0 Å². The molecule has 1 N–H and O–H groups in total. The molecular formula is C14H14BrNO2. The van der Waals surface area contributed by atoms with E-state index >= 15 is 0 Å². The molecule has 0 saturated heterocycles. The minimum Gasteiger partial charge on any atom is -0.492 e. The van der Waals surface area contributed by atoms with Crippen LogP contribution >= 0.6 is 15.9 Å². The summed E-state index contributed by atoms with van der Waals surface area (Å²) in [6, 6.07) is 13.3. The monoisotopic (exact) mass is 307 g/mol. The molecule has 1 atom stereocenters. The second-order valence-electron chi connectivity index (χ2n) is 3.88. The number of hydrogen-bond acceptors (Lipinski definition) is 3. The van der Waals surface area contributed by atoms with Gasteiger partial charge in [-0.25, -0.2) is 0 Å². The van der Waals surface area contributed by atoms with Crippen molar-refractivity contribution in [1.29, 1.82) is 0 Å². The first kappa shape index (κ1) is 13.1. The van der Waals surface area contributed by atoms with Gasteiger partial charge in [-0.2, -0.15) is 0 Å². The predicted octanol–water partition coefficient (Wildman–Crippen LogP) is 3.00. The molecule has 18 heavy (non-hydrogen) atoms. The summed E-state index contributed by atoms with van der Waals surface area (Å²) in [6.45, 7) is 0.414. The molecule has 0 saturated carbocycles. The van der Waals surface area contributed by atoms with Gasteiger partial charge in [0.25, 0.3) is 0 Å². The average molecular weight is 308 g/mol. The van der Waals surface area contributed by atoms with E-state index in [0.717, 1.165) is 15.9 Å². The molecule has 0 radical (unpaired) electrons. The lowest BCUT2D eigenvalue weighted by Crippen LogP contribution is -2.15. The third-order valence-corrected chi connectivity index (χ3v) is 3.26. The second-order valence-corrected chi connectivity index (χ2v) is 4.73. The zero-order valence-electron chi connectivity index (χ0n) is 9.79. The van der Waals surface area contributed by atoms with Crippen LogP contribution in [0.15, 0.2) is 53.1 Å². The number of nitrogens with zero attached hydrogens (tertiary/aromatic N) is 1. The van der Waals surface area contributed by atoms with Gasteiger partial charge in [0.2, 0.25) is 0 Å². The molecular weight excluding hydrogens is 294 g/mol. The summed E-state index contributed by atoms with van der Waals surface area (Å²) in [4.78, 5) is 4.23. The van der Waals surface area contributed by atoms with Gasteiger partial charge in [-0.1, -0.05) is 18.2 Å². The average Bonchev–Trinajstić information content (AvgIpc) is 2.42. The van der Waals surface area contributed by atoms with Gasteiger partial charge in [0.15, 0.2) is 0 Å². The minimum atomic E-state index is -0.113. The van der Waals surface area contributed by atoms with Gasteiger partial charge in [0.1, 0.15) is 5.75 Å². The Hall–Kier alpha value is -1.39. The Morgan fingerprint density at radius 2 is 1.94 bits per heavy atom. The Morgan fingerprint density at radius 1 is 1.17 bits per heavy atom. The van der Waals surface area contributed by atoms with Gasteiger partial charge < -0.3 is 9.84 Å². The molecule has 94 valence electrons. The highest BCUT2D eigenvalue weighted by atomic mass is 79.9. The fourth-order valence-corrected chi connectivity index (χ4v) is 2.00. The van der Waals surface area contributed by atoms with Gasteiger partial charge >= 0.3 is 0 Å². The Bertz CT molecular complexity index is 490. The van der Waals surface area contributed by atoms with Crippen LogP contribution in [0.5, 0.6) is 5.75 Å². The SMILES string of the molecule is OCC(COc1ccccc1Br)c1ccccn1. The highest BCUT2D eigenvalue weighted by Crippen LogP contribution is 2.25. The van der Waals surface area contributed by atoms with E-state index in [1.165, 1.54) is 0 Å². The molecule has 1 aromatic heterocycles. The van der Waals surface area contributed by atoms with E-state index in [1.807, 2.05) is 42.5 Å². The summed E-state index contributed by atoms with van der Waals surface area (Å²) in [5, 5.41) is 9.40. The summed E-state index contributed by atoms with van der Waals surface area (Å²) in [6.07, 6.45) is 1.72. The number of hydrogen-bond donors (Lipinski definition) is 1. The molecule has 2 rings (SSSR count). The smallest absolute Gasteiger partial charge is 0.133 e. The highest BCUT2D eigenvalue weighted by Gasteiger charge is 2.13. The number of aromatic nitrogens is 1. The maximum atomic E-state index is 9.40. The van der Waals surface area contributed by atoms with Crippen LogP contribution in [0, 0.1) is 0 Å². The normalized spacial score (nSPS) is 12.1. The number of aliphatic hydroxyl groups is 1. The zero-order valence-corrected chi connectivity index (χ0v) is 11.4. The number of para-hydroxylation sites is 1. The molecule has 0 fully saturated rings. The van der Waals surface area contributed by atoms with E-state index in [2.05, 4.69) is 20.9 Å². The van der Waals surface area contributed by atoms with Crippen molar-refractivity contribution in [1.82, 2.24) is 4.98 Å². The molecule has 4 heteroatoms. The number of ether oxygens (including phenoxy) is 1. The lowest BCUT2D eigenvalue weighted by Gasteiger charge is -2.15. The summed E-state index contributed by atoms with van der Waals surface area (Å²) < 4.78 is 6.60. The van der Waals surface area contributed by atoms with Crippen molar-refractivity contribution in [3.05, 3.63) is 58.8 Å². The van der Waals surface area contributed by atoms with Gasteiger partial charge in [0.05, 0.1) is 23.6 Å². The van der Waals surface area contributed by atoms with Crippen LogP contribution in [0.2, 0.25) is 0 Å². The van der Waals surface area contributed by atoms with E-state index in [-0.39, 0.29) is 12.5 Å². The molecule has 2 aromatic rings. The van der Waals surface area contributed by atoms with Gasteiger partial charge in [0, 0.05) is 11.9 Å². The number of aliphatic hydroxyl groups excluding tert-OH is 1. The van der Waals surface area contributed by atoms with Crippen LogP contribution in [-0.2, 0) is 0 Å². The summed E-state index contributed by atoms with van der Waals surface area (Å²) in [5.74, 6) is 0.658. The molecule has 0 aliphatic heterocycles. The van der Waals surface area contributed by atoms with Crippen molar-refractivity contribution in [3.8, 4) is 5.75 Å². The van der Waals surface area contributed by atoms with E-state index in [0.29, 0.717) is 6.61 Å². The fraction of sp³-hybridized carbons (Fsp3) is 0.214. The summed E-state index contributed by atoms with van der Waals surface area (Å²) in [5.41, 5.74) is 0.840. The van der Waals surface area contributed by atoms with Crippen LogP contribution in [0.1, 0.15) is 11.6 Å². The van der Waals surface area contributed by atoms with Gasteiger partial charge in [-0.05, 0) is 40.2 Å². The first-order chi connectivity index (χ1) is 8.81. The van der Waals surface area contributed by atoms with Crippen LogP contribution in [-0.4, -0.2) is 23.3 Å². The third kappa shape index (κ3) is 3.31. The van der Waals surface area contributed by atoms with Gasteiger partial charge in [-0.3, -0.25) is 4.98 Å². The summed E-state index contributed by atoms with van der Waals surface area (Å²) in [7, 11) is 0. The number of pyridine rings is 1. The molecule has 1 aromatic carbocycles. The maximum absolute atomic E-state index is 9.40. The van der Waals surface area contributed by atoms with Crippen molar-refractivity contribution in [2.75, 3.05) is 13.2 Å². The topological polar surface area (TPSA) is 42.4 Å². The lowest BCUT2D eigenvalue weighted by molar-refractivity contribution is 0.202. The fourth-order valence-electron chi connectivity index (χ4n) is 1.60. The molecule has 0 aliphatic carbocycles. The minimum absolute atomic E-state index is 0.0153. The molecule has 1 unspecified atom stereocenters. The molecule has 0 amide bonds. The number of rotatable bonds is 5. The number of halogens is 1. The van der Waals surface area contributed by atoms with Crippen LogP contribution < -0.4 is 4.74 Å². The third-order valence-electron chi connectivity index (χ3n) is 2.60. The molecule has 3 nitrogen and oxygen atoms in total. The Morgan fingerprint density at radius 3 is 2.61 bits per heavy atom. The van der Waals surface area contributed by atoms with Crippen LogP contribution in [0.3, 0.4) is 0 Å². The van der Waals surface area contributed by atoms with Gasteiger partial charge in [-0.15, -0.1) is 0 Å². The van der Waals surface area contributed by atoms with E-state index in [4.69, 9.17) is 4.74 Å². The predicted molar refractivity (Wildman–Crippen MR) is 73.7 cm³/mol. The largest absolute Gasteiger partial charge is 0.492 e. The second kappa shape index (κ2) is 6.52. The Balaban J connectivity index is 2.02. The Labute approximate surface area is 115 Å². The molecule has 0 aliphatic rings. The number of benzene rings is 1. The van der Waals surface area contributed by atoms with E-state index in [9.17, 15) is 5.11 Å². The molecule has 1 heterocycles.